The molecule has 1 aliphatic heterocycles. The van der Waals surface area contributed by atoms with E-state index >= 15 is 0 Å². The lowest BCUT2D eigenvalue weighted by Gasteiger charge is -2.35. The van der Waals surface area contributed by atoms with E-state index in [2.05, 4.69) is 5.32 Å². The number of esters is 1. The number of rotatable bonds is 13. The van der Waals surface area contributed by atoms with Gasteiger partial charge in [-0.1, -0.05) is 73.9 Å². The van der Waals surface area contributed by atoms with E-state index in [0.717, 1.165) is 36.0 Å². The second-order valence-corrected chi connectivity index (χ2v) is 13.8. The first-order valence-corrected chi connectivity index (χ1v) is 17.0. The van der Waals surface area contributed by atoms with Crippen LogP contribution in [0.25, 0.3) is 11.1 Å². The zero-order valence-corrected chi connectivity index (χ0v) is 28.2. The predicted octanol–water partition coefficient (Wildman–Crippen LogP) is 6.31. The number of carbonyl (C=O) groups excluding carboxylic acids is 2. The lowest BCUT2D eigenvalue weighted by Crippen LogP contribution is -2.53. The Hall–Kier alpha value is -4.21. The third kappa shape index (κ3) is 8.82. The molecule has 5 rings (SSSR count). The lowest BCUT2D eigenvalue weighted by molar-refractivity contribution is -0.155. The summed E-state index contributed by atoms with van der Waals surface area (Å²) in [6.45, 7) is 5.94. The molecule has 3 N–H and O–H groups in total. The minimum Gasteiger partial charge on any atom is -0.494 e. The van der Waals surface area contributed by atoms with Gasteiger partial charge in [-0.3, -0.25) is 9.59 Å². The molecule has 0 aromatic heterocycles. The van der Waals surface area contributed by atoms with Crippen molar-refractivity contribution < 1.29 is 34.0 Å². The highest BCUT2D eigenvalue weighted by atomic mass is 16.6. The van der Waals surface area contributed by atoms with Crippen LogP contribution < -0.4 is 10.1 Å². The summed E-state index contributed by atoms with van der Waals surface area (Å²) in [7, 11) is 0. The zero-order valence-electron chi connectivity index (χ0n) is 28.2. The Morgan fingerprint density at radius 2 is 1.56 bits per heavy atom. The Kier molecular flexibility index (Phi) is 11.2. The van der Waals surface area contributed by atoms with Gasteiger partial charge in [0.2, 0.25) is 5.90 Å². The van der Waals surface area contributed by atoms with Crippen molar-refractivity contribution in [2.75, 3.05) is 19.8 Å². The molecular formula is C39H48N2O7. The molecule has 9 nitrogen and oxygen atoms in total. The van der Waals surface area contributed by atoms with Gasteiger partial charge in [-0.2, -0.15) is 0 Å². The number of carbonyl (C=O) groups is 2. The monoisotopic (exact) mass is 656 g/mol. The van der Waals surface area contributed by atoms with Crippen molar-refractivity contribution in [2.24, 2.45) is 4.99 Å². The number of hydrogen-bond donors (Lipinski definition) is 3. The fraction of sp³-hybridized carbons (Fsp3) is 0.462. The molecular weight excluding hydrogens is 608 g/mol. The standard InChI is InChI=1S/C39H48N2O7/c1-37(2,3)48-33(43)21-24-39(36(44)40-27-38(45)22-8-5-9-23-38)34(30-15-13-29(14-16-30)28-11-6-4-7-12-28)47-35(41-39)31-17-19-32(20-18-31)46-26-10-25-42/h4,6-7,11-20,34,42,45H,5,8-10,21-27H2,1-3H3,(H,40,44)/t34-,39-/m1/s1. The lowest BCUT2D eigenvalue weighted by atomic mass is 9.81. The van der Waals surface area contributed by atoms with Crippen LogP contribution >= 0.6 is 0 Å². The summed E-state index contributed by atoms with van der Waals surface area (Å²) in [5, 5.41) is 23.4. The van der Waals surface area contributed by atoms with E-state index in [9.17, 15) is 14.7 Å². The summed E-state index contributed by atoms with van der Waals surface area (Å²) in [6, 6.07) is 25.1. The van der Waals surface area contributed by atoms with Crippen LogP contribution in [-0.4, -0.2) is 64.5 Å². The van der Waals surface area contributed by atoms with E-state index in [1.54, 1.807) is 12.1 Å². The van der Waals surface area contributed by atoms with Crippen molar-refractivity contribution >= 4 is 17.8 Å². The van der Waals surface area contributed by atoms with E-state index in [1.165, 1.54) is 0 Å². The van der Waals surface area contributed by atoms with Gasteiger partial charge in [0.05, 0.1) is 12.2 Å². The van der Waals surface area contributed by atoms with Gasteiger partial charge in [-0.25, -0.2) is 4.99 Å². The van der Waals surface area contributed by atoms with Crippen molar-refractivity contribution in [1.29, 1.82) is 0 Å². The van der Waals surface area contributed by atoms with Crippen molar-refractivity contribution in [3.8, 4) is 16.9 Å². The molecule has 2 aliphatic rings. The molecule has 3 aromatic rings. The molecule has 1 saturated carbocycles. The van der Waals surface area contributed by atoms with Crippen LogP contribution in [0, 0.1) is 0 Å². The van der Waals surface area contributed by atoms with Crippen molar-refractivity contribution in [2.45, 2.75) is 95.0 Å². The zero-order chi connectivity index (χ0) is 34.2. The maximum Gasteiger partial charge on any atom is 0.306 e. The Morgan fingerprint density at radius 3 is 2.21 bits per heavy atom. The average Bonchev–Trinajstić information content (AvgIpc) is 3.48. The number of amides is 1. The van der Waals surface area contributed by atoms with Gasteiger partial charge in [0.1, 0.15) is 11.4 Å². The van der Waals surface area contributed by atoms with Crippen LogP contribution in [0.1, 0.15) is 89.4 Å². The van der Waals surface area contributed by atoms with Crippen molar-refractivity contribution in [3.05, 3.63) is 90.0 Å². The Labute approximate surface area is 283 Å². The number of aliphatic hydroxyl groups is 2. The summed E-state index contributed by atoms with van der Waals surface area (Å²) in [5.74, 6) is 0.0474. The summed E-state index contributed by atoms with van der Waals surface area (Å²) in [6.07, 6.45) is 3.71. The van der Waals surface area contributed by atoms with E-state index in [4.69, 9.17) is 24.3 Å². The van der Waals surface area contributed by atoms with E-state index in [-0.39, 0.29) is 31.9 Å². The molecule has 2 atom stereocenters. The van der Waals surface area contributed by atoms with Gasteiger partial charge in [-0.05, 0) is 81.0 Å². The molecule has 9 heteroatoms. The molecule has 0 saturated heterocycles. The fourth-order valence-electron chi connectivity index (χ4n) is 6.32. The minimum absolute atomic E-state index is 0.0309. The number of nitrogens with one attached hydrogen (secondary N) is 1. The maximum atomic E-state index is 14.5. The van der Waals surface area contributed by atoms with E-state index < -0.39 is 34.7 Å². The molecule has 1 fully saturated rings. The fourth-order valence-corrected chi connectivity index (χ4v) is 6.32. The first-order valence-electron chi connectivity index (χ1n) is 17.0. The summed E-state index contributed by atoms with van der Waals surface area (Å²) in [4.78, 5) is 32.6. The first kappa shape index (κ1) is 35.1. The van der Waals surface area contributed by atoms with Crippen LogP contribution in [0.15, 0.2) is 83.9 Å². The normalized spacial score (nSPS) is 20.4. The van der Waals surface area contributed by atoms with Gasteiger partial charge in [0, 0.05) is 31.6 Å². The highest BCUT2D eigenvalue weighted by molar-refractivity contribution is 6.01. The second kappa shape index (κ2) is 15.3. The Balaban J connectivity index is 1.51. The van der Waals surface area contributed by atoms with E-state index in [0.29, 0.717) is 37.2 Å². The highest BCUT2D eigenvalue weighted by Gasteiger charge is 2.53. The Morgan fingerprint density at radius 1 is 0.917 bits per heavy atom. The predicted molar refractivity (Wildman–Crippen MR) is 185 cm³/mol. The molecule has 0 spiro atoms. The summed E-state index contributed by atoms with van der Waals surface area (Å²) in [5.41, 5.74) is 0.238. The SMILES string of the molecule is CC(C)(C)OC(=O)CC[C@@]1(C(=O)NCC2(O)CCCCC2)N=C(c2ccc(OCCCO)cc2)O[C@@H]1c1ccc(-c2ccccc2)cc1. The molecule has 0 bridgehead atoms. The summed E-state index contributed by atoms with van der Waals surface area (Å²) >= 11 is 0. The minimum atomic E-state index is -1.53. The van der Waals surface area contributed by atoms with E-state index in [1.807, 2.05) is 87.5 Å². The number of ether oxygens (including phenoxy) is 3. The van der Waals surface area contributed by atoms with Gasteiger partial charge in [-0.15, -0.1) is 0 Å². The van der Waals surface area contributed by atoms with Crippen LogP contribution in [0.4, 0.5) is 0 Å². The van der Waals surface area contributed by atoms with Crippen molar-refractivity contribution in [1.82, 2.24) is 5.32 Å². The maximum absolute atomic E-state index is 14.5. The molecule has 0 unspecified atom stereocenters. The third-order valence-electron chi connectivity index (χ3n) is 8.84. The molecule has 256 valence electrons. The molecule has 3 aromatic carbocycles. The smallest absolute Gasteiger partial charge is 0.306 e. The van der Waals surface area contributed by atoms with Gasteiger partial charge < -0.3 is 29.7 Å². The molecule has 48 heavy (non-hydrogen) atoms. The van der Waals surface area contributed by atoms with Gasteiger partial charge in [0.25, 0.3) is 5.91 Å². The number of hydrogen-bond acceptors (Lipinski definition) is 8. The quantitative estimate of drug-likeness (QED) is 0.146. The number of aliphatic imine (C=N–C) groups is 1. The molecule has 0 radical (unpaired) electrons. The van der Waals surface area contributed by atoms with Crippen LogP contribution in [-0.2, 0) is 19.1 Å². The summed E-state index contributed by atoms with van der Waals surface area (Å²) < 4.78 is 17.9. The van der Waals surface area contributed by atoms with Gasteiger partial charge >= 0.3 is 5.97 Å². The molecule has 1 aliphatic carbocycles. The average molecular weight is 657 g/mol. The molecule has 1 amide bonds. The number of benzene rings is 3. The Bertz CT molecular complexity index is 1540. The van der Waals surface area contributed by atoms with Crippen LogP contribution in [0.5, 0.6) is 5.75 Å². The largest absolute Gasteiger partial charge is 0.494 e. The first-order chi connectivity index (χ1) is 23.0. The second-order valence-electron chi connectivity index (χ2n) is 13.8. The number of nitrogens with zero attached hydrogens (tertiary/aromatic N) is 1. The van der Waals surface area contributed by atoms with Gasteiger partial charge in [0.15, 0.2) is 11.6 Å². The van der Waals surface area contributed by atoms with Crippen LogP contribution in [0.3, 0.4) is 0 Å². The third-order valence-corrected chi connectivity index (χ3v) is 8.84. The topological polar surface area (TPSA) is 127 Å². The van der Waals surface area contributed by atoms with Crippen LogP contribution in [0.2, 0.25) is 0 Å². The molecule has 1 heterocycles. The van der Waals surface area contributed by atoms with Crippen molar-refractivity contribution in [3.63, 3.8) is 0 Å². The number of aliphatic hydroxyl groups excluding tert-OH is 1. The highest BCUT2D eigenvalue weighted by Crippen LogP contribution is 2.44.